The fraction of sp³-hybridized carbons (Fsp3) is 0.133. The fourth-order valence-electron chi connectivity index (χ4n) is 2.28. The monoisotopic (exact) mass is 306 g/mol. The molecule has 3 rings (SSSR count). The number of likely N-dealkylation sites (N-methyl/N-ethyl adjacent to an activating group) is 1. The number of carbonyl (C=O) groups is 1. The van der Waals surface area contributed by atoms with Gasteiger partial charge in [0.2, 0.25) is 5.91 Å². The number of ether oxygens (including phenoxy) is 1. The maximum absolute atomic E-state index is 13.2. The maximum Gasteiger partial charge on any atom is 0.246 e. The molecule has 108 valence electrons. The van der Waals surface area contributed by atoms with E-state index in [1.807, 2.05) is 0 Å². The highest BCUT2D eigenvalue weighted by Gasteiger charge is 2.30. The lowest BCUT2D eigenvalue weighted by molar-refractivity contribution is -0.117. The van der Waals surface area contributed by atoms with Gasteiger partial charge in [-0.3, -0.25) is 4.79 Å². The van der Waals surface area contributed by atoms with Crippen molar-refractivity contribution in [1.29, 1.82) is 0 Å². The number of fused-ring (bicyclic) bond motifs is 1. The van der Waals surface area contributed by atoms with Crippen LogP contribution in [-0.4, -0.2) is 13.0 Å². The van der Waals surface area contributed by atoms with Gasteiger partial charge < -0.3 is 15.4 Å². The zero-order valence-electron chi connectivity index (χ0n) is 11.1. The van der Waals surface area contributed by atoms with Gasteiger partial charge in [0.05, 0.1) is 5.02 Å². The van der Waals surface area contributed by atoms with Crippen molar-refractivity contribution in [3.8, 4) is 11.5 Å². The van der Waals surface area contributed by atoms with Crippen molar-refractivity contribution in [3.05, 3.63) is 52.8 Å². The van der Waals surface area contributed by atoms with Gasteiger partial charge in [0, 0.05) is 23.4 Å². The van der Waals surface area contributed by atoms with Gasteiger partial charge in [-0.15, -0.1) is 0 Å². The molecule has 0 saturated carbocycles. The third-order valence-electron chi connectivity index (χ3n) is 3.25. The molecular weight excluding hydrogens is 295 g/mol. The average Bonchev–Trinajstić information content (AvgIpc) is 2.74. The molecule has 1 unspecified atom stereocenters. The van der Waals surface area contributed by atoms with E-state index in [0.29, 0.717) is 22.2 Å². The first-order valence-corrected chi connectivity index (χ1v) is 6.71. The zero-order valence-corrected chi connectivity index (χ0v) is 11.9. The van der Waals surface area contributed by atoms with Crippen molar-refractivity contribution in [2.45, 2.75) is 6.04 Å². The van der Waals surface area contributed by atoms with Crippen LogP contribution < -0.4 is 15.4 Å². The standard InChI is InChI=1S/C15H12ClFN2O2/c1-18-14-10-6-11(16)13(7-12(10)19-15(14)20)21-9-4-2-3-8(17)5-9/h2-7,14,18H,1H3,(H,19,20). The van der Waals surface area contributed by atoms with Gasteiger partial charge >= 0.3 is 0 Å². The van der Waals surface area contributed by atoms with E-state index in [1.54, 1.807) is 31.3 Å². The Hall–Kier alpha value is -2.11. The van der Waals surface area contributed by atoms with Crippen LogP contribution in [0.25, 0.3) is 0 Å². The molecular formula is C15H12ClFN2O2. The lowest BCUT2D eigenvalue weighted by Gasteiger charge is -2.11. The van der Waals surface area contributed by atoms with E-state index in [4.69, 9.17) is 16.3 Å². The number of carbonyl (C=O) groups excluding carboxylic acids is 1. The van der Waals surface area contributed by atoms with Gasteiger partial charge in [-0.05, 0) is 25.2 Å². The first kappa shape index (κ1) is 13.9. The van der Waals surface area contributed by atoms with Crippen molar-refractivity contribution < 1.29 is 13.9 Å². The first-order chi connectivity index (χ1) is 10.1. The van der Waals surface area contributed by atoms with Crippen LogP contribution in [0.1, 0.15) is 11.6 Å². The molecule has 2 N–H and O–H groups in total. The molecule has 0 fully saturated rings. The maximum atomic E-state index is 13.2. The van der Waals surface area contributed by atoms with Crippen molar-refractivity contribution in [2.24, 2.45) is 0 Å². The zero-order chi connectivity index (χ0) is 15.0. The van der Waals surface area contributed by atoms with Gasteiger partial charge in [0.1, 0.15) is 23.4 Å². The smallest absolute Gasteiger partial charge is 0.246 e. The lowest BCUT2D eigenvalue weighted by atomic mass is 10.1. The molecule has 2 aromatic carbocycles. The van der Waals surface area contributed by atoms with Gasteiger partial charge in [-0.1, -0.05) is 17.7 Å². The molecule has 0 bridgehead atoms. The number of hydrogen-bond acceptors (Lipinski definition) is 3. The van der Waals surface area contributed by atoms with Crippen molar-refractivity contribution in [3.63, 3.8) is 0 Å². The van der Waals surface area contributed by atoms with E-state index in [0.717, 1.165) is 5.56 Å². The third-order valence-corrected chi connectivity index (χ3v) is 3.54. The second kappa shape index (κ2) is 5.35. The SMILES string of the molecule is CNC1C(=O)Nc2cc(Oc3cccc(F)c3)c(Cl)cc21. The lowest BCUT2D eigenvalue weighted by Crippen LogP contribution is -2.23. The van der Waals surface area contributed by atoms with Crippen LogP contribution in [0.5, 0.6) is 11.5 Å². The highest BCUT2D eigenvalue weighted by molar-refractivity contribution is 6.32. The molecule has 0 radical (unpaired) electrons. The normalized spacial score (nSPS) is 16.5. The second-order valence-electron chi connectivity index (χ2n) is 4.64. The third kappa shape index (κ3) is 2.57. The summed E-state index contributed by atoms with van der Waals surface area (Å²) in [6.07, 6.45) is 0. The Kier molecular flexibility index (Phi) is 3.53. The Morgan fingerprint density at radius 2 is 2.14 bits per heavy atom. The van der Waals surface area contributed by atoms with Crippen LogP contribution in [0, 0.1) is 5.82 Å². The Morgan fingerprint density at radius 3 is 2.86 bits per heavy atom. The number of anilines is 1. The summed E-state index contributed by atoms with van der Waals surface area (Å²) in [6.45, 7) is 0. The summed E-state index contributed by atoms with van der Waals surface area (Å²) in [5.41, 5.74) is 1.40. The Balaban J connectivity index is 1.95. The molecule has 0 aromatic heterocycles. The van der Waals surface area contributed by atoms with Crippen molar-refractivity contribution in [2.75, 3.05) is 12.4 Å². The summed E-state index contributed by atoms with van der Waals surface area (Å²) in [5.74, 6) is 0.157. The van der Waals surface area contributed by atoms with E-state index in [2.05, 4.69) is 10.6 Å². The van der Waals surface area contributed by atoms with Crippen LogP contribution in [0.4, 0.5) is 10.1 Å². The number of rotatable bonds is 3. The summed E-state index contributed by atoms with van der Waals surface area (Å²) < 4.78 is 18.7. The summed E-state index contributed by atoms with van der Waals surface area (Å²) in [6, 6.07) is 8.64. The topological polar surface area (TPSA) is 50.4 Å². The first-order valence-electron chi connectivity index (χ1n) is 6.33. The highest BCUT2D eigenvalue weighted by Crippen LogP contribution is 2.40. The van der Waals surface area contributed by atoms with E-state index in [1.165, 1.54) is 12.1 Å². The van der Waals surface area contributed by atoms with Gasteiger partial charge in [0.15, 0.2) is 0 Å². The molecule has 0 spiro atoms. The van der Waals surface area contributed by atoms with E-state index < -0.39 is 11.9 Å². The van der Waals surface area contributed by atoms with Crippen LogP contribution >= 0.6 is 11.6 Å². The summed E-state index contributed by atoms with van der Waals surface area (Å²) >= 11 is 6.18. The molecule has 2 aromatic rings. The predicted octanol–water partition coefficient (Wildman–Crippen LogP) is 3.48. The van der Waals surface area contributed by atoms with Gasteiger partial charge in [-0.25, -0.2) is 4.39 Å². The fourth-order valence-corrected chi connectivity index (χ4v) is 2.49. The molecule has 6 heteroatoms. The number of amides is 1. The quantitative estimate of drug-likeness (QED) is 0.912. The predicted molar refractivity (Wildman–Crippen MR) is 78.4 cm³/mol. The molecule has 0 aliphatic carbocycles. The molecule has 1 amide bonds. The number of halogens is 2. The van der Waals surface area contributed by atoms with Crippen molar-refractivity contribution in [1.82, 2.24) is 5.32 Å². The van der Waals surface area contributed by atoms with E-state index in [-0.39, 0.29) is 5.91 Å². The van der Waals surface area contributed by atoms with Crippen molar-refractivity contribution >= 4 is 23.2 Å². The highest BCUT2D eigenvalue weighted by atomic mass is 35.5. The Labute approximate surface area is 125 Å². The summed E-state index contributed by atoms with van der Waals surface area (Å²) in [4.78, 5) is 11.8. The number of benzene rings is 2. The van der Waals surface area contributed by atoms with E-state index in [9.17, 15) is 9.18 Å². The largest absolute Gasteiger partial charge is 0.456 e. The minimum atomic E-state index is -0.430. The number of nitrogens with one attached hydrogen (secondary N) is 2. The Bertz CT molecular complexity index is 721. The molecule has 1 heterocycles. The van der Waals surface area contributed by atoms with Crippen LogP contribution in [0.15, 0.2) is 36.4 Å². The molecule has 4 nitrogen and oxygen atoms in total. The van der Waals surface area contributed by atoms with E-state index >= 15 is 0 Å². The molecule has 21 heavy (non-hydrogen) atoms. The minimum absolute atomic E-state index is 0.147. The molecule has 1 aliphatic heterocycles. The Morgan fingerprint density at radius 1 is 1.33 bits per heavy atom. The summed E-state index contributed by atoms with van der Waals surface area (Å²) in [5, 5.41) is 6.02. The van der Waals surface area contributed by atoms with Crippen LogP contribution in [0.3, 0.4) is 0 Å². The average molecular weight is 307 g/mol. The van der Waals surface area contributed by atoms with Crippen LogP contribution in [0.2, 0.25) is 5.02 Å². The molecule has 1 aliphatic rings. The minimum Gasteiger partial charge on any atom is -0.456 e. The second-order valence-corrected chi connectivity index (χ2v) is 5.05. The van der Waals surface area contributed by atoms with Gasteiger partial charge in [0.25, 0.3) is 0 Å². The summed E-state index contributed by atoms with van der Waals surface area (Å²) in [7, 11) is 1.70. The number of hydrogen-bond donors (Lipinski definition) is 2. The molecule has 0 saturated heterocycles. The van der Waals surface area contributed by atoms with Gasteiger partial charge in [-0.2, -0.15) is 0 Å². The molecule has 1 atom stereocenters. The van der Waals surface area contributed by atoms with Crippen LogP contribution in [-0.2, 0) is 4.79 Å².